The van der Waals surface area contributed by atoms with Crippen molar-refractivity contribution in [3.63, 3.8) is 0 Å². The van der Waals surface area contributed by atoms with E-state index < -0.39 is 23.7 Å². The lowest BCUT2D eigenvalue weighted by atomic mass is 10.0. The van der Waals surface area contributed by atoms with Crippen LogP contribution in [0.15, 0.2) is 59.5 Å². The molecule has 1 N–H and O–H groups in total. The molecule has 1 aliphatic heterocycles. The predicted molar refractivity (Wildman–Crippen MR) is 103 cm³/mol. The smallest absolute Gasteiger partial charge is 0.327 e. The number of amides is 1. The highest BCUT2D eigenvalue weighted by atomic mass is 32.2. The first kappa shape index (κ1) is 18.3. The maximum atomic E-state index is 13.3. The Kier molecular flexibility index (Phi) is 5.49. The van der Waals surface area contributed by atoms with E-state index in [2.05, 4.69) is 0 Å². The molecule has 0 aromatic heterocycles. The fraction of sp³-hybridized carbons (Fsp3) is 0.105. The van der Waals surface area contributed by atoms with Gasteiger partial charge in [0.25, 0.3) is 5.91 Å². The van der Waals surface area contributed by atoms with Gasteiger partial charge in [0.2, 0.25) is 0 Å². The highest BCUT2D eigenvalue weighted by Crippen LogP contribution is 2.34. The largest absolute Gasteiger partial charge is 0.480 e. The lowest BCUT2D eigenvalue weighted by Gasteiger charge is -2.23. The molecule has 2 aromatic rings. The molecule has 3 rings (SSSR count). The summed E-state index contributed by atoms with van der Waals surface area (Å²) in [7, 11) is 0. The Balaban J connectivity index is 1.88. The number of thioether (sulfide) groups is 1. The molecule has 2 aromatic carbocycles. The predicted octanol–water partition coefficient (Wildman–Crippen LogP) is 3.72. The second kappa shape index (κ2) is 7.80. The molecule has 1 fully saturated rings. The number of hydrogen-bond acceptors (Lipinski definition) is 4. The molecular formula is C19H14FNO3S2. The van der Waals surface area contributed by atoms with Crippen LogP contribution in [0.3, 0.4) is 0 Å². The van der Waals surface area contributed by atoms with E-state index in [0.717, 1.165) is 22.2 Å². The zero-order chi connectivity index (χ0) is 18.7. The third-order valence-corrected chi connectivity index (χ3v) is 5.17. The molecule has 1 heterocycles. The van der Waals surface area contributed by atoms with Crippen LogP contribution in [0.4, 0.5) is 4.39 Å². The minimum absolute atomic E-state index is 0.149. The van der Waals surface area contributed by atoms with Crippen LogP contribution in [0.5, 0.6) is 0 Å². The van der Waals surface area contributed by atoms with Crippen LogP contribution < -0.4 is 0 Å². The number of halogens is 1. The second-order valence-electron chi connectivity index (χ2n) is 5.65. The number of aliphatic carboxylic acids is 1. The Morgan fingerprint density at radius 1 is 1.23 bits per heavy atom. The van der Waals surface area contributed by atoms with Crippen molar-refractivity contribution in [2.24, 2.45) is 0 Å². The van der Waals surface area contributed by atoms with Gasteiger partial charge >= 0.3 is 5.97 Å². The Hall–Kier alpha value is -2.51. The quantitative estimate of drug-likeness (QED) is 0.626. The molecule has 0 bridgehead atoms. The number of thiocarbonyl (C=S) groups is 1. The molecule has 1 amide bonds. The topological polar surface area (TPSA) is 57.6 Å². The van der Waals surface area contributed by atoms with Crippen LogP contribution in [-0.4, -0.2) is 32.2 Å². The lowest BCUT2D eigenvalue weighted by molar-refractivity contribution is -0.145. The van der Waals surface area contributed by atoms with Crippen molar-refractivity contribution in [1.29, 1.82) is 0 Å². The van der Waals surface area contributed by atoms with Crippen LogP contribution in [0, 0.1) is 5.82 Å². The van der Waals surface area contributed by atoms with Gasteiger partial charge in [-0.05, 0) is 29.3 Å². The van der Waals surface area contributed by atoms with Crippen molar-refractivity contribution < 1.29 is 19.1 Å². The van der Waals surface area contributed by atoms with Crippen molar-refractivity contribution in [2.45, 2.75) is 12.5 Å². The van der Waals surface area contributed by atoms with Gasteiger partial charge in [0.05, 0.1) is 4.91 Å². The summed E-state index contributed by atoms with van der Waals surface area (Å²) in [6.07, 6.45) is 1.67. The van der Waals surface area contributed by atoms with Crippen LogP contribution >= 0.6 is 24.0 Å². The summed E-state index contributed by atoms with van der Waals surface area (Å²) in [5.74, 6) is -2.02. The molecule has 7 heteroatoms. The lowest BCUT2D eigenvalue weighted by Crippen LogP contribution is -2.45. The minimum atomic E-state index is -1.13. The van der Waals surface area contributed by atoms with E-state index in [-0.39, 0.29) is 15.6 Å². The molecule has 0 radical (unpaired) electrons. The number of carbonyl (C=O) groups excluding carboxylic acids is 1. The first-order chi connectivity index (χ1) is 12.5. The van der Waals surface area contributed by atoms with E-state index in [1.807, 2.05) is 18.2 Å². The van der Waals surface area contributed by atoms with Gasteiger partial charge in [-0.3, -0.25) is 9.69 Å². The summed E-state index contributed by atoms with van der Waals surface area (Å²) in [6.45, 7) is 0. The number of carbonyl (C=O) groups is 2. The molecule has 0 unspecified atom stereocenters. The summed E-state index contributed by atoms with van der Waals surface area (Å²) in [4.78, 5) is 25.9. The summed E-state index contributed by atoms with van der Waals surface area (Å²) in [6, 6.07) is 13.8. The Labute approximate surface area is 159 Å². The molecule has 1 atom stereocenters. The molecular weight excluding hydrogens is 373 g/mol. The van der Waals surface area contributed by atoms with Gasteiger partial charge in [0.1, 0.15) is 16.2 Å². The molecule has 0 spiro atoms. The summed E-state index contributed by atoms with van der Waals surface area (Å²) in [5, 5.41) is 9.61. The Morgan fingerprint density at radius 3 is 2.62 bits per heavy atom. The molecule has 26 heavy (non-hydrogen) atoms. The van der Waals surface area contributed by atoms with Gasteiger partial charge in [-0.1, -0.05) is 66.4 Å². The zero-order valence-electron chi connectivity index (χ0n) is 13.5. The molecule has 0 aliphatic carbocycles. The standard InChI is InChI=1S/C19H14FNO3S2/c20-14-8-4-7-13(9-14)11-16-17(22)21(19(25)26-16)15(18(23)24)10-12-5-2-1-3-6-12/h1-9,11,15H,10H2,(H,23,24)/b16-11-/t15-/m1/s1. The first-order valence-corrected chi connectivity index (χ1v) is 8.97. The van der Waals surface area contributed by atoms with E-state index in [4.69, 9.17) is 12.2 Å². The van der Waals surface area contributed by atoms with Crippen molar-refractivity contribution in [2.75, 3.05) is 0 Å². The van der Waals surface area contributed by atoms with Gasteiger partial charge in [-0.15, -0.1) is 0 Å². The number of benzene rings is 2. The number of carboxylic acids is 1. The normalized spacial score (nSPS) is 17.0. The van der Waals surface area contributed by atoms with Gasteiger partial charge in [0.15, 0.2) is 0 Å². The van der Waals surface area contributed by atoms with Gasteiger partial charge in [0, 0.05) is 6.42 Å². The SMILES string of the molecule is O=C(O)[C@@H](Cc1ccccc1)N1C(=O)/C(=C/c2cccc(F)c2)SC1=S. The third-order valence-electron chi connectivity index (χ3n) is 3.84. The molecule has 1 aliphatic rings. The maximum absolute atomic E-state index is 13.3. The average molecular weight is 387 g/mol. The molecule has 132 valence electrons. The highest BCUT2D eigenvalue weighted by molar-refractivity contribution is 8.26. The van der Waals surface area contributed by atoms with Crippen molar-refractivity contribution in [3.8, 4) is 0 Å². The number of rotatable bonds is 5. The number of hydrogen-bond donors (Lipinski definition) is 1. The van der Waals surface area contributed by atoms with E-state index in [9.17, 15) is 19.1 Å². The van der Waals surface area contributed by atoms with Crippen molar-refractivity contribution in [3.05, 3.63) is 76.4 Å². The zero-order valence-corrected chi connectivity index (χ0v) is 15.1. The first-order valence-electron chi connectivity index (χ1n) is 7.75. The van der Waals surface area contributed by atoms with Crippen LogP contribution in [0.2, 0.25) is 0 Å². The van der Waals surface area contributed by atoms with E-state index in [0.29, 0.717) is 5.56 Å². The molecule has 0 saturated carbocycles. The summed E-state index contributed by atoms with van der Waals surface area (Å²) in [5.41, 5.74) is 1.31. The summed E-state index contributed by atoms with van der Waals surface area (Å²) >= 11 is 6.26. The third kappa shape index (κ3) is 4.00. The number of carboxylic acid groups (broad SMARTS) is 1. The molecule has 4 nitrogen and oxygen atoms in total. The second-order valence-corrected chi connectivity index (χ2v) is 7.33. The van der Waals surface area contributed by atoms with Crippen LogP contribution in [-0.2, 0) is 16.0 Å². The Bertz CT molecular complexity index is 899. The van der Waals surface area contributed by atoms with Crippen LogP contribution in [0.25, 0.3) is 6.08 Å². The van der Waals surface area contributed by atoms with E-state index in [1.165, 1.54) is 24.3 Å². The average Bonchev–Trinajstić information content (AvgIpc) is 2.87. The van der Waals surface area contributed by atoms with Crippen molar-refractivity contribution in [1.82, 2.24) is 4.90 Å². The minimum Gasteiger partial charge on any atom is -0.480 e. The highest BCUT2D eigenvalue weighted by Gasteiger charge is 2.40. The maximum Gasteiger partial charge on any atom is 0.327 e. The monoisotopic (exact) mass is 387 g/mol. The van der Waals surface area contributed by atoms with Gasteiger partial charge in [-0.25, -0.2) is 9.18 Å². The van der Waals surface area contributed by atoms with E-state index in [1.54, 1.807) is 18.2 Å². The number of nitrogens with zero attached hydrogens (tertiary/aromatic N) is 1. The molecule has 1 saturated heterocycles. The fourth-order valence-electron chi connectivity index (χ4n) is 2.62. The van der Waals surface area contributed by atoms with Gasteiger partial charge in [-0.2, -0.15) is 0 Å². The fourth-order valence-corrected chi connectivity index (χ4v) is 3.98. The van der Waals surface area contributed by atoms with Crippen molar-refractivity contribution >= 4 is 46.3 Å². The van der Waals surface area contributed by atoms with Gasteiger partial charge < -0.3 is 5.11 Å². The Morgan fingerprint density at radius 2 is 1.96 bits per heavy atom. The van der Waals surface area contributed by atoms with E-state index >= 15 is 0 Å². The summed E-state index contributed by atoms with van der Waals surface area (Å²) < 4.78 is 13.5. The van der Waals surface area contributed by atoms with Crippen LogP contribution in [0.1, 0.15) is 11.1 Å².